The highest BCUT2D eigenvalue weighted by molar-refractivity contribution is 6.30. The maximum atomic E-state index is 12.7. The number of aryl methyl sites for hydroxylation is 1. The van der Waals surface area contributed by atoms with Crippen molar-refractivity contribution in [2.24, 2.45) is 0 Å². The number of hydrogen-bond acceptors (Lipinski definition) is 4. The van der Waals surface area contributed by atoms with Crippen molar-refractivity contribution in [2.75, 3.05) is 6.61 Å². The fraction of sp³-hybridized carbons (Fsp3) is 0.471. The van der Waals surface area contributed by atoms with Crippen LogP contribution in [0, 0.1) is 6.92 Å². The van der Waals surface area contributed by atoms with E-state index in [4.69, 9.17) is 16.3 Å². The predicted octanol–water partition coefficient (Wildman–Crippen LogP) is 2.76. The van der Waals surface area contributed by atoms with E-state index in [1.54, 1.807) is 6.07 Å². The Kier molecular flexibility index (Phi) is 3.92. The molecule has 2 heterocycles. The summed E-state index contributed by atoms with van der Waals surface area (Å²) in [6, 6.07) is 5.91. The van der Waals surface area contributed by atoms with E-state index in [2.05, 4.69) is 20.1 Å². The number of nitrogens with one attached hydrogen (secondary N) is 1. The van der Waals surface area contributed by atoms with E-state index in [9.17, 15) is 4.79 Å². The van der Waals surface area contributed by atoms with Gasteiger partial charge in [-0.1, -0.05) is 11.6 Å². The molecule has 1 atom stereocenters. The molecule has 0 spiro atoms. The summed E-state index contributed by atoms with van der Waals surface area (Å²) in [5.74, 6) is 2.20. The number of aromatic nitrogens is 3. The van der Waals surface area contributed by atoms with E-state index >= 15 is 0 Å². The number of amides is 1. The van der Waals surface area contributed by atoms with Gasteiger partial charge < -0.3 is 14.6 Å². The van der Waals surface area contributed by atoms with Gasteiger partial charge in [-0.25, -0.2) is 0 Å². The Morgan fingerprint density at radius 1 is 1.38 bits per heavy atom. The first-order chi connectivity index (χ1) is 11.6. The number of benzene rings is 1. The number of halogens is 1. The lowest BCUT2D eigenvalue weighted by molar-refractivity contribution is -0.123. The normalized spacial score (nSPS) is 19.5. The van der Waals surface area contributed by atoms with E-state index in [0.717, 1.165) is 35.8 Å². The van der Waals surface area contributed by atoms with Gasteiger partial charge >= 0.3 is 0 Å². The second kappa shape index (κ2) is 6.09. The summed E-state index contributed by atoms with van der Waals surface area (Å²) in [5, 5.41) is 12.0. The molecule has 24 heavy (non-hydrogen) atoms. The maximum absolute atomic E-state index is 12.7. The second-order valence-corrected chi connectivity index (χ2v) is 6.79. The van der Waals surface area contributed by atoms with Crippen molar-refractivity contribution in [1.82, 2.24) is 20.1 Å². The Morgan fingerprint density at radius 3 is 3.00 bits per heavy atom. The van der Waals surface area contributed by atoms with E-state index in [-0.39, 0.29) is 11.8 Å². The summed E-state index contributed by atoms with van der Waals surface area (Å²) in [5.41, 5.74) is 0.853. The molecule has 1 unspecified atom stereocenters. The second-order valence-electron chi connectivity index (χ2n) is 6.35. The molecule has 6 nitrogen and oxygen atoms in total. The summed E-state index contributed by atoms with van der Waals surface area (Å²) in [6.07, 6.45) is 2.96. The number of ether oxygens (including phenoxy) is 1. The van der Waals surface area contributed by atoms with Gasteiger partial charge in [-0.3, -0.25) is 4.79 Å². The topological polar surface area (TPSA) is 69.0 Å². The summed E-state index contributed by atoms with van der Waals surface area (Å²) in [7, 11) is 0. The lowest BCUT2D eigenvalue weighted by atomic mass is 9.92. The molecule has 1 aromatic heterocycles. The van der Waals surface area contributed by atoms with Gasteiger partial charge in [0.05, 0.1) is 19.1 Å². The number of carbonyl (C=O) groups excluding carboxylic acids is 1. The van der Waals surface area contributed by atoms with Crippen LogP contribution < -0.4 is 10.1 Å². The molecule has 7 heteroatoms. The summed E-state index contributed by atoms with van der Waals surface area (Å²) < 4.78 is 7.75. The van der Waals surface area contributed by atoms with Gasteiger partial charge in [0.2, 0.25) is 5.91 Å². The monoisotopic (exact) mass is 346 g/mol. The van der Waals surface area contributed by atoms with Gasteiger partial charge in [0.15, 0.2) is 5.82 Å². The maximum Gasteiger partial charge on any atom is 0.228 e. The minimum absolute atomic E-state index is 0.0233. The van der Waals surface area contributed by atoms with E-state index in [1.165, 1.54) is 0 Å². The fourth-order valence-electron chi connectivity index (χ4n) is 3.27. The smallest absolute Gasteiger partial charge is 0.228 e. The Balaban J connectivity index is 1.49. The molecule has 4 rings (SSSR count). The number of nitrogens with zero attached hydrogens (tertiary/aromatic N) is 3. The predicted molar refractivity (Wildman–Crippen MR) is 89.2 cm³/mol. The highest BCUT2D eigenvalue weighted by Gasteiger charge is 2.30. The van der Waals surface area contributed by atoms with Crippen LogP contribution in [0.1, 0.15) is 48.4 Å². The lowest BCUT2D eigenvalue weighted by Gasteiger charge is -2.25. The van der Waals surface area contributed by atoms with Crippen LogP contribution in [-0.4, -0.2) is 27.3 Å². The Morgan fingerprint density at radius 2 is 2.21 bits per heavy atom. The minimum Gasteiger partial charge on any atom is -0.493 e. The van der Waals surface area contributed by atoms with Crippen LogP contribution >= 0.6 is 11.6 Å². The van der Waals surface area contributed by atoms with Crippen LogP contribution in [0.15, 0.2) is 18.2 Å². The summed E-state index contributed by atoms with van der Waals surface area (Å²) in [4.78, 5) is 12.7. The molecular formula is C17H19ClN4O2. The van der Waals surface area contributed by atoms with Gasteiger partial charge in [0.1, 0.15) is 11.6 Å². The Bertz CT molecular complexity index is 785. The van der Waals surface area contributed by atoms with Crippen molar-refractivity contribution >= 4 is 17.5 Å². The quantitative estimate of drug-likeness (QED) is 0.924. The Hall–Kier alpha value is -2.08. The van der Waals surface area contributed by atoms with Crippen LogP contribution in [0.25, 0.3) is 0 Å². The molecule has 1 amide bonds. The molecule has 2 aliphatic rings. The van der Waals surface area contributed by atoms with Crippen LogP contribution in [0.3, 0.4) is 0 Å². The van der Waals surface area contributed by atoms with Crippen molar-refractivity contribution in [3.05, 3.63) is 40.4 Å². The Labute approximate surface area is 145 Å². The third-order valence-electron chi connectivity index (χ3n) is 4.60. The zero-order valence-electron chi connectivity index (χ0n) is 13.5. The third kappa shape index (κ3) is 2.86. The molecular weight excluding hydrogens is 328 g/mol. The zero-order chi connectivity index (χ0) is 16.7. The number of fused-ring (bicyclic) bond motifs is 1. The zero-order valence-corrected chi connectivity index (χ0v) is 14.2. The average Bonchev–Trinajstić information content (AvgIpc) is 3.35. The van der Waals surface area contributed by atoms with Gasteiger partial charge in [-0.15, -0.1) is 10.2 Å². The lowest BCUT2D eigenvalue weighted by Crippen LogP contribution is -2.32. The van der Waals surface area contributed by atoms with Crippen LogP contribution in [-0.2, 0) is 11.3 Å². The SMILES string of the molecule is Cc1nnc(CNC(=O)C2CCOc3ccc(Cl)cc32)n1C1CC1. The van der Waals surface area contributed by atoms with Crippen molar-refractivity contribution in [3.8, 4) is 5.75 Å². The first kappa shape index (κ1) is 15.4. The first-order valence-electron chi connectivity index (χ1n) is 8.24. The molecule has 0 radical (unpaired) electrons. The molecule has 1 aliphatic carbocycles. The van der Waals surface area contributed by atoms with Crippen molar-refractivity contribution < 1.29 is 9.53 Å². The standard InChI is InChI=1S/C17H19ClN4O2/c1-10-20-21-16(22(10)12-3-4-12)9-19-17(23)13-6-7-24-15-5-2-11(18)8-14(13)15/h2,5,8,12-13H,3-4,6-7,9H2,1H3,(H,19,23). The minimum atomic E-state index is -0.245. The van der Waals surface area contributed by atoms with Crippen LogP contribution in [0.2, 0.25) is 5.02 Å². The molecule has 2 aromatic rings. The van der Waals surface area contributed by atoms with Crippen molar-refractivity contribution in [2.45, 2.75) is 44.7 Å². The van der Waals surface area contributed by atoms with Crippen LogP contribution in [0.4, 0.5) is 0 Å². The summed E-state index contributed by atoms with van der Waals surface area (Å²) in [6.45, 7) is 2.88. The molecule has 126 valence electrons. The van der Waals surface area contributed by atoms with Crippen LogP contribution in [0.5, 0.6) is 5.75 Å². The fourth-order valence-corrected chi connectivity index (χ4v) is 3.45. The highest BCUT2D eigenvalue weighted by atomic mass is 35.5. The largest absolute Gasteiger partial charge is 0.493 e. The molecule has 0 bridgehead atoms. The molecule has 1 fully saturated rings. The number of rotatable bonds is 4. The molecule has 1 aliphatic heterocycles. The van der Waals surface area contributed by atoms with Crippen molar-refractivity contribution in [1.29, 1.82) is 0 Å². The van der Waals surface area contributed by atoms with E-state index < -0.39 is 0 Å². The van der Waals surface area contributed by atoms with E-state index in [1.807, 2.05) is 19.1 Å². The first-order valence-corrected chi connectivity index (χ1v) is 8.61. The van der Waals surface area contributed by atoms with Gasteiger partial charge in [-0.2, -0.15) is 0 Å². The van der Waals surface area contributed by atoms with Crippen molar-refractivity contribution in [3.63, 3.8) is 0 Å². The highest BCUT2D eigenvalue weighted by Crippen LogP contribution is 2.37. The summed E-state index contributed by atoms with van der Waals surface area (Å²) >= 11 is 6.08. The van der Waals surface area contributed by atoms with Gasteiger partial charge in [-0.05, 0) is 44.4 Å². The van der Waals surface area contributed by atoms with Gasteiger partial charge in [0.25, 0.3) is 0 Å². The molecule has 1 aromatic carbocycles. The van der Waals surface area contributed by atoms with Gasteiger partial charge in [0, 0.05) is 16.6 Å². The van der Waals surface area contributed by atoms with E-state index in [0.29, 0.717) is 30.6 Å². The number of hydrogen-bond donors (Lipinski definition) is 1. The molecule has 1 N–H and O–H groups in total. The molecule has 0 saturated heterocycles. The average molecular weight is 347 g/mol. The third-order valence-corrected chi connectivity index (χ3v) is 4.83. The number of carbonyl (C=O) groups is 1. The molecule has 1 saturated carbocycles.